The van der Waals surface area contributed by atoms with E-state index in [1.54, 1.807) is 57.4 Å². The van der Waals surface area contributed by atoms with E-state index in [2.05, 4.69) is 10.6 Å². The van der Waals surface area contributed by atoms with Gasteiger partial charge in [-0.05, 0) is 55.8 Å². The Morgan fingerprint density at radius 1 is 0.929 bits per heavy atom. The van der Waals surface area contributed by atoms with E-state index in [4.69, 9.17) is 9.47 Å². The molecule has 0 heterocycles. The van der Waals surface area contributed by atoms with Gasteiger partial charge in [0.05, 0.1) is 13.7 Å². The number of benzene rings is 2. The number of methoxy groups -OCH3 is 1. The molecule has 0 aliphatic rings. The Kier molecular flexibility index (Phi) is 7.37. The zero-order valence-electron chi connectivity index (χ0n) is 16.3. The van der Waals surface area contributed by atoms with E-state index in [1.165, 1.54) is 12.1 Å². The zero-order chi connectivity index (χ0) is 20.6. The van der Waals surface area contributed by atoms with Gasteiger partial charge in [0.1, 0.15) is 29.3 Å². The van der Waals surface area contributed by atoms with Crippen LogP contribution in [0.2, 0.25) is 0 Å². The number of hydrogen-bond acceptors (Lipinski definition) is 4. The second kappa shape index (κ2) is 9.73. The van der Waals surface area contributed by atoms with Crippen molar-refractivity contribution in [3.63, 3.8) is 0 Å². The third-order valence-corrected chi connectivity index (χ3v) is 4.22. The van der Waals surface area contributed by atoms with Crippen LogP contribution in [0.1, 0.15) is 19.4 Å². The normalized spacial score (nSPS) is 10.9. The van der Waals surface area contributed by atoms with E-state index >= 15 is 0 Å². The number of ether oxygens (including phenoxy) is 2. The van der Waals surface area contributed by atoms with Crippen molar-refractivity contribution in [2.75, 3.05) is 20.3 Å². The molecular formula is C21H25FN2O4. The number of carbonyl (C=O) groups is 2. The predicted octanol–water partition coefficient (Wildman–Crippen LogP) is 2.67. The molecule has 0 unspecified atom stereocenters. The molecule has 0 aliphatic heterocycles. The average Bonchev–Trinajstić information content (AvgIpc) is 2.70. The highest BCUT2D eigenvalue weighted by Gasteiger charge is 2.35. The minimum absolute atomic E-state index is 0.219. The standard InChI is InChI=1S/C21H25FN2O4/c1-21(2,20(26)24-14-15-4-6-16(22)7-5-15)19(25)23-12-13-28-18-10-8-17(27-3)9-11-18/h4-11H,12-14H2,1-3H3,(H,23,25)(H,24,26). The summed E-state index contributed by atoms with van der Waals surface area (Å²) in [6.07, 6.45) is 0. The molecule has 0 radical (unpaired) electrons. The van der Waals surface area contributed by atoms with E-state index in [0.717, 1.165) is 11.3 Å². The molecule has 0 spiro atoms. The van der Waals surface area contributed by atoms with E-state index < -0.39 is 17.2 Å². The molecule has 0 saturated carbocycles. The highest BCUT2D eigenvalue weighted by molar-refractivity contribution is 6.04. The largest absolute Gasteiger partial charge is 0.497 e. The number of nitrogens with one attached hydrogen (secondary N) is 2. The quantitative estimate of drug-likeness (QED) is 0.512. The van der Waals surface area contributed by atoms with Crippen LogP contribution in [-0.2, 0) is 16.1 Å². The Bertz CT molecular complexity index is 789. The van der Waals surface area contributed by atoms with Crippen molar-refractivity contribution >= 4 is 11.8 Å². The van der Waals surface area contributed by atoms with E-state index in [1.807, 2.05) is 0 Å². The monoisotopic (exact) mass is 388 g/mol. The first-order valence-electron chi connectivity index (χ1n) is 8.91. The van der Waals surface area contributed by atoms with Crippen LogP contribution < -0.4 is 20.1 Å². The highest BCUT2D eigenvalue weighted by atomic mass is 19.1. The van der Waals surface area contributed by atoms with E-state index in [0.29, 0.717) is 5.75 Å². The molecule has 0 saturated heterocycles. The second-order valence-electron chi connectivity index (χ2n) is 6.71. The van der Waals surface area contributed by atoms with Crippen molar-refractivity contribution in [2.45, 2.75) is 20.4 Å². The van der Waals surface area contributed by atoms with E-state index in [9.17, 15) is 14.0 Å². The molecule has 2 rings (SSSR count). The van der Waals surface area contributed by atoms with Crippen LogP contribution in [0.25, 0.3) is 0 Å². The summed E-state index contributed by atoms with van der Waals surface area (Å²) in [7, 11) is 1.59. The Hall–Kier alpha value is -3.09. The molecule has 0 aliphatic carbocycles. The molecule has 28 heavy (non-hydrogen) atoms. The Labute approximate surface area is 164 Å². The van der Waals surface area contributed by atoms with Crippen molar-refractivity contribution in [1.29, 1.82) is 0 Å². The molecule has 6 nitrogen and oxygen atoms in total. The van der Waals surface area contributed by atoms with Gasteiger partial charge in [-0.3, -0.25) is 9.59 Å². The third kappa shape index (κ3) is 5.97. The average molecular weight is 388 g/mol. The van der Waals surface area contributed by atoms with Crippen molar-refractivity contribution < 1.29 is 23.5 Å². The van der Waals surface area contributed by atoms with Gasteiger partial charge in [0, 0.05) is 6.54 Å². The lowest BCUT2D eigenvalue weighted by atomic mass is 9.91. The number of halogens is 1. The highest BCUT2D eigenvalue weighted by Crippen LogP contribution is 2.17. The zero-order valence-corrected chi connectivity index (χ0v) is 16.3. The molecule has 0 bridgehead atoms. The van der Waals surface area contributed by atoms with Gasteiger partial charge >= 0.3 is 0 Å². The summed E-state index contributed by atoms with van der Waals surface area (Å²) in [5, 5.41) is 5.40. The fourth-order valence-corrected chi connectivity index (χ4v) is 2.34. The van der Waals surface area contributed by atoms with Crippen LogP contribution in [0.4, 0.5) is 4.39 Å². The predicted molar refractivity (Wildman–Crippen MR) is 104 cm³/mol. The topological polar surface area (TPSA) is 76.7 Å². The smallest absolute Gasteiger partial charge is 0.235 e. The van der Waals surface area contributed by atoms with Gasteiger partial charge in [-0.2, -0.15) is 0 Å². The molecule has 150 valence electrons. The summed E-state index contributed by atoms with van der Waals surface area (Å²) >= 11 is 0. The van der Waals surface area contributed by atoms with Crippen LogP contribution in [0.15, 0.2) is 48.5 Å². The SMILES string of the molecule is COc1ccc(OCCNC(=O)C(C)(C)C(=O)NCc2ccc(F)cc2)cc1. The first kappa shape index (κ1) is 21.2. The number of amides is 2. The van der Waals surface area contributed by atoms with Crippen LogP contribution in [-0.4, -0.2) is 32.1 Å². The van der Waals surface area contributed by atoms with Gasteiger partial charge in [-0.1, -0.05) is 12.1 Å². The minimum Gasteiger partial charge on any atom is -0.497 e. The van der Waals surface area contributed by atoms with Gasteiger partial charge < -0.3 is 20.1 Å². The van der Waals surface area contributed by atoms with Crippen LogP contribution in [0, 0.1) is 11.2 Å². The van der Waals surface area contributed by atoms with Crippen molar-refractivity contribution in [2.24, 2.45) is 5.41 Å². The lowest BCUT2D eigenvalue weighted by Crippen LogP contribution is -2.48. The lowest BCUT2D eigenvalue weighted by molar-refractivity contribution is -0.141. The molecule has 7 heteroatoms. The molecule has 2 N–H and O–H groups in total. The third-order valence-electron chi connectivity index (χ3n) is 4.22. The maximum atomic E-state index is 12.9. The minimum atomic E-state index is -1.25. The summed E-state index contributed by atoms with van der Waals surface area (Å²) in [5.74, 6) is 0.236. The Balaban J connectivity index is 1.75. The van der Waals surface area contributed by atoms with Gasteiger partial charge in [0.2, 0.25) is 11.8 Å². The Morgan fingerprint density at radius 2 is 1.50 bits per heavy atom. The molecule has 2 aromatic carbocycles. The fraction of sp³-hybridized carbons (Fsp3) is 0.333. The molecule has 2 amide bonds. The number of hydrogen-bond donors (Lipinski definition) is 2. The summed E-state index contributed by atoms with van der Waals surface area (Å²) in [4.78, 5) is 24.7. The molecule has 0 aromatic heterocycles. The summed E-state index contributed by atoms with van der Waals surface area (Å²) in [6, 6.07) is 12.9. The van der Waals surface area contributed by atoms with Crippen molar-refractivity contribution in [3.8, 4) is 11.5 Å². The maximum Gasteiger partial charge on any atom is 0.235 e. The maximum absolute atomic E-state index is 12.9. The number of rotatable bonds is 9. The molecule has 2 aromatic rings. The first-order valence-corrected chi connectivity index (χ1v) is 8.91. The molecule has 0 atom stereocenters. The van der Waals surface area contributed by atoms with Gasteiger partial charge in [0.15, 0.2) is 0 Å². The van der Waals surface area contributed by atoms with E-state index in [-0.39, 0.29) is 25.5 Å². The lowest BCUT2D eigenvalue weighted by Gasteiger charge is -2.22. The van der Waals surface area contributed by atoms with Gasteiger partial charge in [-0.25, -0.2) is 4.39 Å². The van der Waals surface area contributed by atoms with Gasteiger partial charge in [-0.15, -0.1) is 0 Å². The van der Waals surface area contributed by atoms with Crippen molar-refractivity contribution in [1.82, 2.24) is 10.6 Å². The second-order valence-corrected chi connectivity index (χ2v) is 6.71. The molecular weight excluding hydrogens is 363 g/mol. The molecule has 0 fully saturated rings. The first-order chi connectivity index (χ1) is 13.3. The van der Waals surface area contributed by atoms with Crippen LogP contribution in [0.5, 0.6) is 11.5 Å². The summed E-state index contributed by atoms with van der Waals surface area (Å²) in [6.45, 7) is 3.85. The summed E-state index contributed by atoms with van der Waals surface area (Å²) in [5.41, 5.74) is -0.501. The van der Waals surface area contributed by atoms with Crippen LogP contribution in [0.3, 0.4) is 0 Å². The summed E-state index contributed by atoms with van der Waals surface area (Å²) < 4.78 is 23.5. The van der Waals surface area contributed by atoms with Crippen LogP contribution >= 0.6 is 0 Å². The fourth-order valence-electron chi connectivity index (χ4n) is 2.34. The number of carbonyl (C=O) groups excluding carboxylic acids is 2. The van der Waals surface area contributed by atoms with Gasteiger partial charge in [0.25, 0.3) is 0 Å². The Morgan fingerprint density at radius 3 is 2.11 bits per heavy atom. The van der Waals surface area contributed by atoms with Crippen molar-refractivity contribution in [3.05, 3.63) is 59.9 Å².